The molecule has 1 unspecified atom stereocenters. The molecule has 0 heterocycles. The number of hydrogen-bond donors (Lipinski definition) is 2. The van der Waals surface area contributed by atoms with Crippen LogP contribution >= 0.6 is 0 Å². The van der Waals surface area contributed by atoms with Crippen LogP contribution in [0.1, 0.15) is 35.7 Å². The lowest BCUT2D eigenvalue weighted by atomic mass is 10.1. The summed E-state index contributed by atoms with van der Waals surface area (Å²) >= 11 is 0. The van der Waals surface area contributed by atoms with Crippen molar-refractivity contribution < 1.29 is 23.5 Å². The molecule has 0 aliphatic heterocycles. The van der Waals surface area contributed by atoms with E-state index in [9.17, 15) is 18.4 Å². The molecular formula is C14H17F2NO3. The first kappa shape index (κ1) is 16.1. The minimum Gasteiger partial charge on any atom is -0.481 e. The molecule has 0 radical (unpaired) electrons. The van der Waals surface area contributed by atoms with Crippen molar-refractivity contribution in [2.45, 2.75) is 26.7 Å². The number of nitrogens with one attached hydrogen (secondary N) is 1. The number of carbonyl (C=O) groups excluding carboxylic acids is 1. The molecule has 6 heteroatoms. The van der Waals surface area contributed by atoms with Crippen LogP contribution in [0.4, 0.5) is 8.78 Å². The molecule has 1 aromatic carbocycles. The van der Waals surface area contributed by atoms with Crippen LogP contribution in [0.25, 0.3) is 0 Å². The Hall–Kier alpha value is -1.98. The fraction of sp³-hybridized carbons (Fsp3) is 0.429. The second kappa shape index (κ2) is 6.98. The maximum atomic E-state index is 13.7. The topological polar surface area (TPSA) is 66.4 Å². The molecule has 0 aromatic heterocycles. The number of aryl methyl sites for hydroxylation is 1. The largest absolute Gasteiger partial charge is 0.481 e. The van der Waals surface area contributed by atoms with Crippen LogP contribution in [0.5, 0.6) is 0 Å². The van der Waals surface area contributed by atoms with Gasteiger partial charge in [-0.2, -0.15) is 0 Å². The Morgan fingerprint density at radius 3 is 2.60 bits per heavy atom. The predicted octanol–water partition coefficient (Wildman–Crippen LogP) is 2.50. The van der Waals surface area contributed by atoms with Crippen LogP contribution in [0.15, 0.2) is 12.1 Å². The van der Waals surface area contributed by atoms with Gasteiger partial charge in [-0.3, -0.25) is 9.59 Å². The van der Waals surface area contributed by atoms with Gasteiger partial charge in [-0.15, -0.1) is 0 Å². The second-order valence-corrected chi connectivity index (χ2v) is 4.80. The van der Waals surface area contributed by atoms with E-state index in [1.54, 1.807) is 6.92 Å². The smallest absolute Gasteiger partial charge is 0.303 e. The Morgan fingerprint density at radius 1 is 1.35 bits per heavy atom. The number of halogens is 2. The van der Waals surface area contributed by atoms with Crippen molar-refractivity contribution in [3.63, 3.8) is 0 Å². The van der Waals surface area contributed by atoms with E-state index in [0.717, 1.165) is 6.07 Å². The summed E-state index contributed by atoms with van der Waals surface area (Å²) in [7, 11) is 0. The maximum absolute atomic E-state index is 13.7. The van der Waals surface area contributed by atoms with Gasteiger partial charge >= 0.3 is 5.97 Å². The van der Waals surface area contributed by atoms with E-state index in [4.69, 9.17) is 5.11 Å². The molecule has 20 heavy (non-hydrogen) atoms. The lowest BCUT2D eigenvalue weighted by Gasteiger charge is -2.12. The summed E-state index contributed by atoms with van der Waals surface area (Å²) in [6, 6.07) is 2.30. The first-order valence-electron chi connectivity index (χ1n) is 6.27. The minimum atomic E-state index is -0.918. The zero-order valence-electron chi connectivity index (χ0n) is 11.4. The summed E-state index contributed by atoms with van der Waals surface area (Å²) < 4.78 is 27.2. The number of rotatable bonds is 6. The van der Waals surface area contributed by atoms with E-state index in [1.165, 1.54) is 13.0 Å². The molecule has 0 saturated carbocycles. The van der Waals surface area contributed by atoms with Gasteiger partial charge in [-0.1, -0.05) is 13.0 Å². The SMILES string of the molecule is Cc1ccc(F)c(C(=O)NCC(C)CCC(=O)O)c1F. The molecule has 1 atom stereocenters. The van der Waals surface area contributed by atoms with Crippen LogP contribution in [-0.2, 0) is 4.79 Å². The van der Waals surface area contributed by atoms with Gasteiger partial charge in [0.25, 0.3) is 5.91 Å². The summed E-state index contributed by atoms with van der Waals surface area (Å²) in [6.07, 6.45) is 0.374. The van der Waals surface area contributed by atoms with E-state index in [-0.39, 0.29) is 24.4 Å². The summed E-state index contributed by atoms with van der Waals surface area (Å²) in [5.41, 5.74) is -0.411. The minimum absolute atomic E-state index is 0.00972. The number of benzene rings is 1. The lowest BCUT2D eigenvalue weighted by molar-refractivity contribution is -0.137. The van der Waals surface area contributed by atoms with Crippen molar-refractivity contribution >= 4 is 11.9 Å². The van der Waals surface area contributed by atoms with Crippen LogP contribution in [0.3, 0.4) is 0 Å². The van der Waals surface area contributed by atoms with Crippen LogP contribution < -0.4 is 5.32 Å². The highest BCUT2D eigenvalue weighted by Crippen LogP contribution is 2.16. The first-order chi connectivity index (χ1) is 9.32. The quantitative estimate of drug-likeness (QED) is 0.844. The maximum Gasteiger partial charge on any atom is 0.303 e. The summed E-state index contributed by atoms with van der Waals surface area (Å²) in [5.74, 6) is -3.62. The molecule has 0 spiro atoms. The predicted molar refractivity (Wildman–Crippen MR) is 69.5 cm³/mol. The zero-order valence-corrected chi connectivity index (χ0v) is 11.4. The van der Waals surface area contributed by atoms with Crippen molar-refractivity contribution in [2.24, 2.45) is 5.92 Å². The molecule has 0 aliphatic rings. The Bertz CT molecular complexity index is 517. The van der Waals surface area contributed by atoms with E-state index >= 15 is 0 Å². The van der Waals surface area contributed by atoms with Gasteiger partial charge < -0.3 is 10.4 Å². The normalized spacial score (nSPS) is 12.0. The zero-order chi connectivity index (χ0) is 15.3. The average Bonchev–Trinajstić information content (AvgIpc) is 2.38. The van der Waals surface area contributed by atoms with Gasteiger partial charge in [0.15, 0.2) is 0 Å². The molecule has 0 aliphatic carbocycles. The Labute approximate surface area is 115 Å². The van der Waals surface area contributed by atoms with Gasteiger partial charge in [-0.05, 0) is 30.9 Å². The molecule has 0 saturated heterocycles. The van der Waals surface area contributed by atoms with Crippen molar-refractivity contribution in [2.75, 3.05) is 6.54 Å². The second-order valence-electron chi connectivity index (χ2n) is 4.80. The third-order valence-corrected chi connectivity index (χ3v) is 2.97. The fourth-order valence-electron chi connectivity index (χ4n) is 1.69. The highest BCUT2D eigenvalue weighted by atomic mass is 19.1. The third-order valence-electron chi connectivity index (χ3n) is 2.97. The summed E-state index contributed by atoms with van der Waals surface area (Å²) in [5, 5.41) is 11.0. The van der Waals surface area contributed by atoms with Gasteiger partial charge in [0, 0.05) is 13.0 Å². The van der Waals surface area contributed by atoms with E-state index in [0.29, 0.717) is 6.42 Å². The van der Waals surface area contributed by atoms with Crippen LogP contribution in [-0.4, -0.2) is 23.5 Å². The van der Waals surface area contributed by atoms with Crippen LogP contribution in [0, 0.1) is 24.5 Å². The molecule has 110 valence electrons. The molecule has 1 amide bonds. The standard InChI is InChI=1S/C14H17F2NO3/c1-8(3-6-11(18)19)7-17-14(20)12-10(15)5-4-9(2)13(12)16/h4-5,8H,3,6-7H2,1-2H3,(H,17,20)(H,18,19). The van der Waals surface area contributed by atoms with Crippen molar-refractivity contribution in [1.29, 1.82) is 0 Å². The van der Waals surface area contributed by atoms with Gasteiger partial charge in [0.05, 0.1) is 0 Å². The average molecular weight is 285 g/mol. The Balaban J connectivity index is 2.64. The molecule has 0 fully saturated rings. The number of amides is 1. The molecule has 1 aromatic rings. The third kappa shape index (κ3) is 4.29. The van der Waals surface area contributed by atoms with Crippen molar-refractivity contribution in [3.05, 3.63) is 34.9 Å². The Morgan fingerprint density at radius 2 is 2.00 bits per heavy atom. The monoisotopic (exact) mass is 285 g/mol. The number of hydrogen-bond acceptors (Lipinski definition) is 2. The number of aliphatic carboxylic acids is 1. The first-order valence-corrected chi connectivity index (χ1v) is 6.27. The molecule has 2 N–H and O–H groups in total. The van der Waals surface area contributed by atoms with Crippen molar-refractivity contribution in [1.82, 2.24) is 5.32 Å². The highest BCUT2D eigenvalue weighted by Gasteiger charge is 2.19. The number of carboxylic acids is 1. The summed E-state index contributed by atoms with van der Waals surface area (Å²) in [4.78, 5) is 22.2. The number of carbonyl (C=O) groups is 2. The van der Waals surface area contributed by atoms with Gasteiger partial charge in [0.1, 0.15) is 17.2 Å². The van der Waals surface area contributed by atoms with E-state index in [1.807, 2.05) is 0 Å². The highest BCUT2D eigenvalue weighted by molar-refractivity contribution is 5.94. The molecule has 4 nitrogen and oxygen atoms in total. The Kier molecular flexibility index (Phi) is 5.61. The number of carboxylic acid groups (broad SMARTS) is 1. The molecular weight excluding hydrogens is 268 g/mol. The fourth-order valence-corrected chi connectivity index (χ4v) is 1.69. The van der Waals surface area contributed by atoms with E-state index in [2.05, 4.69) is 5.32 Å². The van der Waals surface area contributed by atoms with Crippen molar-refractivity contribution in [3.8, 4) is 0 Å². The molecule has 1 rings (SSSR count). The lowest BCUT2D eigenvalue weighted by Crippen LogP contribution is -2.30. The van der Waals surface area contributed by atoms with Crippen LogP contribution in [0.2, 0.25) is 0 Å². The van der Waals surface area contributed by atoms with Gasteiger partial charge in [-0.25, -0.2) is 8.78 Å². The van der Waals surface area contributed by atoms with Gasteiger partial charge in [0.2, 0.25) is 0 Å². The summed E-state index contributed by atoms with van der Waals surface area (Å²) in [6.45, 7) is 3.37. The van der Waals surface area contributed by atoms with E-state index < -0.39 is 29.1 Å². The molecule has 0 bridgehead atoms.